The summed E-state index contributed by atoms with van der Waals surface area (Å²) in [6.07, 6.45) is 8.63. The molecule has 2 atom stereocenters. The summed E-state index contributed by atoms with van der Waals surface area (Å²) in [4.78, 5) is 6.61. The lowest BCUT2D eigenvalue weighted by molar-refractivity contribution is -0.0237. The van der Waals surface area contributed by atoms with E-state index in [-0.39, 0.29) is 5.54 Å². The molecule has 2 N–H and O–H groups in total. The maximum absolute atomic E-state index is 6.18. The molecule has 0 spiro atoms. The molecule has 0 amide bonds. The van der Waals surface area contributed by atoms with Crippen LogP contribution < -0.4 is 5.73 Å². The number of methoxy groups -OCH3 is 1. The molecule has 2 unspecified atom stereocenters. The van der Waals surface area contributed by atoms with Gasteiger partial charge < -0.3 is 10.5 Å². The van der Waals surface area contributed by atoms with Crippen molar-refractivity contribution in [2.45, 2.75) is 50.8 Å². The monoisotopic (exact) mass is 277 g/mol. The molecular formula is C16H27N3O. The van der Waals surface area contributed by atoms with E-state index >= 15 is 0 Å². The standard InChI is InChI=1S/C16H27N3O/c1-3-19(12-14-6-9-18-10-7-14)16(13-17)8-4-5-15(11-16)20-2/h6-7,9-10,15H,3-5,8,11-13,17H2,1-2H3. The van der Waals surface area contributed by atoms with Gasteiger partial charge in [-0.05, 0) is 49.9 Å². The van der Waals surface area contributed by atoms with E-state index in [1.54, 1.807) is 0 Å². The van der Waals surface area contributed by atoms with Crippen LogP contribution in [0.3, 0.4) is 0 Å². The Kier molecular flexibility index (Phi) is 5.52. The van der Waals surface area contributed by atoms with E-state index in [0.29, 0.717) is 12.6 Å². The molecule has 1 aromatic heterocycles. The van der Waals surface area contributed by atoms with E-state index < -0.39 is 0 Å². The number of hydrogen-bond acceptors (Lipinski definition) is 4. The van der Waals surface area contributed by atoms with Gasteiger partial charge in [-0.25, -0.2) is 0 Å². The Labute approximate surface area is 122 Å². The number of pyridine rings is 1. The molecule has 0 aliphatic heterocycles. The smallest absolute Gasteiger partial charge is 0.0589 e. The van der Waals surface area contributed by atoms with Gasteiger partial charge in [-0.2, -0.15) is 0 Å². The molecule has 0 saturated heterocycles. The third kappa shape index (κ3) is 3.37. The van der Waals surface area contributed by atoms with Gasteiger partial charge in [0.25, 0.3) is 0 Å². The van der Waals surface area contributed by atoms with Crippen LogP contribution in [-0.4, -0.2) is 41.7 Å². The zero-order chi connectivity index (χ0) is 14.4. The highest BCUT2D eigenvalue weighted by molar-refractivity contribution is 5.11. The second-order valence-electron chi connectivity index (χ2n) is 5.75. The molecule has 1 aromatic rings. The third-order valence-electron chi connectivity index (χ3n) is 4.66. The molecule has 4 heteroatoms. The fourth-order valence-corrected chi connectivity index (χ4v) is 3.41. The van der Waals surface area contributed by atoms with Crippen LogP contribution in [0.25, 0.3) is 0 Å². The first-order valence-electron chi connectivity index (χ1n) is 7.61. The topological polar surface area (TPSA) is 51.4 Å². The van der Waals surface area contributed by atoms with Crippen LogP contribution in [0.2, 0.25) is 0 Å². The third-order valence-corrected chi connectivity index (χ3v) is 4.66. The van der Waals surface area contributed by atoms with Crippen molar-refractivity contribution in [3.8, 4) is 0 Å². The van der Waals surface area contributed by atoms with Gasteiger partial charge in [0, 0.05) is 38.1 Å². The van der Waals surface area contributed by atoms with Crippen molar-refractivity contribution in [2.75, 3.05) is 20.2 Å². The molecule has 112 valence electrons. The number of ether oxygens (including phenoxy) is 1. The average Bonchev–Trinajstić information content (AvgIpc) is 2.53. The van der Waals surface area contributed by atoms with Gasteiger partial charge in [0.15, 0.2) is 0 Å². The molecule has 0 radical (unpaired) electrons. The minimum atomic E-state index is 0.0803. The van der Waals surface area contributed by atoms with E-state index in [4.69, 9.17) is 10.5 Å². The van der Waals surface area contributed by atoms with Gasteiger partial charge in [-0.15, -0.1) is 0 Å². The highest BCUT2D eigenvalue weighted by Gasteiger charge is 2.39. The largest absolute Gasteiger partial charge is 0.381 e. The zero-order valence-electron chi connectivity index (χ0n) is 12.7. The van der Waals surface area contributed by atoms with E-state index in [1.165, 1.54) is 18.4 Å². The fourth-order valence-electron chi connectivity index (χ4n) is 3.41. The number of nitrogens with zero attached hydrogens (tertiary/aromatic N) is 2. The molecule has 20 heavy (non-hydrogen) atoms. The van der Waals surface area contributed by atoms with Gasteiger partial charge in [-0.1, -0.05) is 6.92 Å². The lowest BCUT2D eigenvalue weighted by atomic mass is 9.78. The molecule has 1 aliphatic carbocycles. The van der Waals surface area contributed by atoms with Crippen molar-refractivity contribution in [1.29, 1.82) is 0 Å². The molecule has 1 aliphatic rings. The van der Waals surface area contributed by atoms with Crippen LogP contribution in [-0.2, 0) is 11.3 Å². The Morgan fingerprint density at radius 2 is 2.20 bits per heavy atom. The molecule has 1 saturated carbocycles. The Balaban J connectivity index is 2.14. The van der Waals surface area contributed by atoms with Crippen molar-refractivity contribution in [2.24, 2.45) is 5.73 Å². The highest BCUT2D eigenvalue weighted by Crippen LogP contribution is 2.35. The van der Waals surface area contributed by atoms with Crippen LogP contribution in [0, 0.1) is 0 Å². The summed E-state index contributed by atoms with van der Waals surface area (Å²) in [6.45, 7) is 4.86. The van der Waals surface area contributed by atoms with Crippen LogP contribution >= 0.6 is 0 Å². The van der Waals surface area contributed by atoms with Crippen LogP contribution in [0.4, 0.5) is 0 Å². The Morgan fingerprint density at radius 1 is 1.45 bits per heavy atom. The first-order chi connectivity index (χ1) is 9.74. The predicted octanol–water partition coefficient (Wildman–Crippen LogP) is 2.19. The van der Waals surface area contributed by atoms with Gasteiger partial charge in [0.2, 0.25) is 0 Å². The van der Waals surface area contributed by atoms with E-state index in [1.807, 2.05) is 19.5 Å². The predicted molar refractivity (Wildman–Crippen MR) is 81.4 cm³/mol. The summed E-state index contributed by atoms with van der Waals surface area (Å²) in [6, 6.07) is 4.17. The Morgan fingerprint density at radius 3 is 2.80 bits per heavy atom. The normalized spacial score (nSPS) is 26.9. The molecule has 4 nitrogen and oxygen atoms in total. The second-order valence-corrected chi connectivity index (χ2v) is 5.75. The number of rotatable bonds is 6. The van der Waals surface area contributed by atoms with Gasteiger partial charge in [-0.3, -0.25) is 9.88 Å². The summed E-state index contributed by atoms with van der Waals surface area (Å²) < 4.78 is 5.60. The number of likely N-dealkylation sites (N-methyl/N-ethyl adjacent to an activating group) is 1. The SMILES string of the molecule is CCN(Cc1ccncc1)C1(CN)CCCC(OC)C1. The highest BCUT2D eigenvalue weighted by atomic mass is 16.5. The minimum Gasteiger partial charge on any atom is -0.381 e. The first-order valence-corrected chi connectivity index (χ1v) is 7.61. The van der Waals surface area contributed by atoms with Crippen molar-refractivity contribution >= 4 is 0 Å². The molecular weight excluding hydrogens is 250 g/mol. The quantitative estimate of drug-likeness (QED) is 0.866. The fraction of sp³-hybridized carbons (Fsp3) is 0.688. The second kappa shape index (κ2) is 7.16. The minimum absolute atomic E-state index is 0.0803. The molecule has 1 heterocycles. The lowest BCUT2D eigenvalue weighted by Crippen LogP contribution is -2.57. The number of hydrogen-bond donors (Lipinski definition) is 1. The van der Waals surface area contributed by atoms with Crippen molar-refractivity contribution < 1.29 is 4.74 Å². The van der Waals surface area contributed by atoms with Crippen molar-refractivity contribution in [3.63, 3.8) is 0 Å². The van der Waals surface area contributed by atoms with Crippen LogP contribution in [0.15, 0.2) is 24.5 Å². The van der Waals surface area contributed by atoms with Crippen molar-refractivity contribution in [1.82, 2.24) is 9.88 Å². The van der Waals surface area contributed by atoms with E-state index in [9.17, 15) is 0 Å². The maximum Gasteiger partial charge on any atom is 0.0589 e. The summed E-state index contributed by atoms with van der Waals surface area (Å²) in [7, 11) is 1.82. The summed E-state index contributed by atoms with van der Waals surface area (Å²) in [5, 5.41) is 0. The Bertz CT molecular complexity index is 398. The van der Waals surface area contributed by atoms with Gasteiger partial charge in [0.05, 0.1) is 6.10 Å². The van der Waals surface area contributed by atoms with E-state index in [2.05, 4.69) is 28.9 Å². The van der Waals surface area contributed by atoms with Gasteiger partial charge in [0.1, 0.15) is 0 Å². The van der Waals surface area contributed by atoms with Crippen LogP contribution in [0.5, 0.6) is 0 Å². The van der Waals surface area contributed by atoms with E-state index in [0.717, 1.165) is 25.9 Å². The number of nitrogens with two attached hydrogens (primary N) is 1. The van der Waals surface area contributed by atoms with Crippen LogP contribution in [0.1, 0.15) is 38.2 Å². The lowest BCUT2D eigenvalue weighted by Gasteiger charge is -2.47. The first kappa shape index (κ1) is 15.4. The van der Waals surface area contributed by atoms with Gasteiger partial charge >= 0.3 is 0 Å². The number of aromatic nitrogens is 1. The summed E-state index contributed by atoms with van der Waals surface area (Å²) >= 11 is 0. The molecule has 0 aromatic carbocycles. The molecule has 0 bridgehead atoms. The average molecular weight is 277 g/mol. The maximum atomic E-state index is 6.18. The summed E-state index contributed by atoms with van der Waals surface area (Å²) in [5.41, 5.74) is 7.56. The zero-order valence-corrected chi connectivity index (χ0v) is 12.7. The molecule has 1 fully saturated rings. The Hall–Kier alpha value is -0.970. The van der Waals surface area contributed by atoms with Crippen molar-refractivity contribution in [3.05, 3.63) is 30.1 Å². The summed E-state index contributed by atoms with van der Waals surface area (Å²) in [5.74, 6) is 0. The molecule has 2 rings (SSSR count).